The van der Waals surface area contributed by atoms with Crippen molar-refractivity contribution in [1.82, 2.24) is 9.55 Å². The van der Waals surface area contributed by atoms with Crippen molar-refractivity contribution in [3.05, 3.63) is 93.4 Å². The Morgan fingerprint density at radius 2 is 1.71 bits per heavy atom. The number of aryl methyl sites for hydroxylation is 2. The van der Waals surface area contributed by atoms with Gasteiger partial charge >= 0.3 is 0 Å². The van der Waals surface area contributed by atoms with Gasteiger partial charge in [-0.1, -0.05) is 29.8 Å². The molecule has 1 amide bonds. The van der Waals surface area contributed by atoms with Gasteiger partial charge in [0.2, 0.25) is 11.3 Å². The highest BCUT2D eigenvalue weighted by Gasteiger charge is 2.19. The molecular formula is C27H25N3O5. The van der Waals surface area contributed by atoms with Crippen molar-refractivity contribution < 1.29 is 19.1 Å². The Morgan fingerprint density at radius 3 is 2.40 bits per heavy atom. The molecule has 0 radical (unpaired) electrons. The van der Waals surface area contributed by atoms with E-state index in [0.29, 0.717) is 34.1 Å². The van der Waals surface area contributed by atoms with Crippen LogP contribution in [0.5, 0.6) is 11.5 Å². The molecule has 0 saturated carbocycles. The van der Waals surface area contributed by atoms with Gasteiger partial charge in [0.25, 0.3) is 0 Å². The van der Waals surface area contributed by atoms with Gasteiger partial charge < -0.3 is 19.4 Å². The van der Waals surface area contributed by atoms with Crippen molar-refractivity contribution in [2.24, 2.45) is 0 Å². The summed E-state index contributed by atoms with van der Waals surface area (Å²) in [6.45, 7) is 3.53. The van der Waals surface area contributed by atoms with Gasteiger partial charge in [-0.3, -0.25) is 14.4 Å². The van der Waals surface area contributed by atoms with Crippen LogP contribution in [0.3, 0.4) is 0 Å². The van der Waals surface area contributed by atoms with Crippen LogP contribution in [-0.2, 0) is 11.3 Å². The Hall–Kier alpha value is -4.46. The zero-order chi connectivity index (χ0) is 25.1. The number of ketones is 1. The number of ether oxygens (including phenoxy) is 2. The minimum Gasteiger partial charge on any atom is -0.497 e. The average Bonchev–Trinajstić information content (AvgIpc) is 2.85. The Kier molecular flexibility index (Phi) is 6.64. The summed E-state index contributed by atoms with van der Waals surface area (Å²) >= 11 is 0. The average molecular weight is 472 g/mol. The summed E-state index contributed by atoms with van der Waals surface area (Å²) in [7, 11) is 3.03. The predicted molar refractivity (Wildman–Crippen MR) is 134 cm³/mol. The van der Waals surface area contributed by atoms with Crippen molar-refractivity contribution in [1.29, 1.82) is 0 Å². The van der Waals surface area contributed by atoms with E-state index >= 15 is 0 Å². The molecule has 178 valence electrons. The lowest BCUT2D eigenvalue weighted by Gasteiger charge is -2.15. The molecule has 1 N–H and O–H groups in total. The van der Waals surface area contributed by atoms with Crippen LogP contribution in [0.15, 0.2) is 65.6 Å². The van der Waals surface area contributed by atoms with Gasteiger partial charge in [-0.05, 0) is 38.1 Å². The number of hydrogen-bond donors (Lipinski definition) is 1. The van der Waals surface area contributed by atoms with Crippen molar-refractivity contribution >= 4 is 28.4 Å². The van der Waals surface area contributed by atoms with Crippen LogP contribution in [0.4, 0.5) is 5.69 Å². The van der Waals surface area contributed by atoms with Crippen molar-refractivity contribution in [2.45, 2.75) is 20.4 Å². The second-order valence-electron chi connectivity index (χ2n) is 8.13. The van der Waals surface area contributed by atoms with Gasteiger partial charge in [0.05, 0.1) is 30.9 Å². The van der Waals surface area contributed by atoms with Crippen LogP contribution in [0, 0.1) is 13.8 Å². The SMILES string of the molecule is COc1ccc(OC)c(NC(=O)Cn2cc(C(=O)c3ccc(C)cc3)c(=O)c3ccc(C)nc32)c1. The standard InChI is InChI=1S/C27H25N3O5/c1-16-5-8-18(9-6-16)25(32)21-14-30(27-20(26(21)33)11-7-17(2)28-27)15-24(31)29-22-13-19(34-3)10-12-23(22)35-4/h5-14H,15H2,1-4H3,(H,29,31). The van der Waals surface area contributed by atoms with Crippen LogP contribution in [-0.4, -0.2) is 35.5 Å². The first-order valence-electron chi connectivity index (χ1n) is 10.9. The molecule has 2 aromatic carbocycles. The molecule has 0 aliphatic heterocycles. The number of carbonyl (C=O) groups is 2. The molecule has 4 aromatic rings. The van der Waals surface area contributed by atoms with Crippen molar-refractivity contribution in [3.63, 3.8) is 0 Å². The number of amides is 1. The lowest BCUT2D eigenvalue weighted by atomic mass is 10.0. The third-order valence-corrected chi connectivity index (χ3v) is 5.61. The smallest absolute Gasteiger partial charge is 0.244 e. The molecule has 0 fully saturated rings. The number of hydrogen-bond acceptors (Lipinski definition) is 6. The van der Waals surface area contributed by atoms with Crippen LogP contribution >= 0.6 is 0 Å². The molecule has 0 aliphatic rings. The van der Waals surface area contributed by atoms with E-state index in [0.717, 1.165) is 5.56 Å². The summed E-state index contributed by atoms with van der Waals surface area (Å²) in [5.41, 5.74) is 2.37. The highest BCUT2D eigenvalue weighted by atomic mass is 16.5. The first kappa shape index (κ1) is 23.7. The number of anilines is 1. The number of aromatic nitrogens is 2. The van der Waals surface area contributed by atoms with Crippen LogP contribution in [0.1, 0.15) is 27.2 Å². The Balaban J connectivity index is 1.75. The second-order valence-corrected chi connectivity index (χ2v) is 8.13. The van der Waals surface area contributed by atoms with Crippen molar-refractivity contribution in [3.8, 4) is 11.5 Å². The lowest BCUT2D eigenvalue weighted by molar-refractivity contribution is -0.116. The van der Waals surface area contributed by atoms with E-state index in [1.807, 2.05) is 19.1 Å². The maximum atomic E-state index is 13.2. The zero-order valence-corrected chi connectivity index (χ0v) is 19.9. The summed E-state index contributed by atoms with van der Waals surface area (Å²) in [6.07, 6.45) is 1.40. The fourth-order valence-corrected chi connectivity index (χ4v) is 3.76. The molecule has 0 atom stereocenters. The number of benzene rings is 2. The highest BCUT2D eigenvalue weighted by Crippen LogP contribution is 2.29. The molecule has 8 heteroatoms. The number of nitrogens with one attached hydrogen (secondary N) is 1. The second kappa shape index (κ2) is 9.80. The minimum absolute atomic E-state index is 0.0289. The molecular weight excluding hydrogens is 446 g/mol. The Labute approximate surface area is 202 Å². The Bertz CT molecular complexity index is 1490. The van der Waals surface area contributed by atoms with E-state index in [2.05, 4.69) is 10.3 Å². The molecule has 35 heavy (non-hydrogen) atoms. The van der Waals surface area contributed by atoms with Crippen molar-refractivity contribution in [2.75, 3.05) is 19.5 Å². The number of rotatable bonds is 7. The highest BCUT2D eigenvalue weighted by molar-refractivity contribution is 6.10. The van der Waals surface area contributed by atoms with Gasteiger partial charge in [-0.2, -0.15) is 0 Å². The van der Waals surface area contributed by atoms with E-state index < -0.39 is 17.1 Å². The van der Waals surface area contributed by atoms with E-state index in [-0.39, 0.29) is 17.5 Å². The zero-order valence-electron chi connectivity index (χ0n) is 19.9. The Morgan fingerprint density at radius 1 is 0.971 bits per heavy atom. The van der Waals surface area contributed by atoms with Gasteiger partial charge in [-0.25, -0.2) is 4.98 Å². The van der Waals surface area contributed by atoms with Crippen LogP contribution < -0.4 is 20.2 Å². The fourth-order valence-electron chi connectivity index (χ4n) is 3.76. The third-order valence-electron chi connectivity index (χ3n) is 5.61. The summed E-state index contributed by atoms with van der Waals surface area (Å²) in [5.74, 6) is 0.214. The summed E-state index contributed by atoms with van der Waals surface area (Å²) in [5, 5.41) is 3.07. The van der Waals surface area contributed by atoms with Gasteiger partial charge in [0, 0.05) is 23.5 Å². The summed E-state index contributed by atoms with van der Waals surface area (Å²) < 4.78 is 12.1. The van der Waals surface area contributed by atoms with Crippen LogP contribution in [0.25, 0.3) is 11.0 Å². The first-order valence-corrected chi connectivity index (χ1v) is 10.9. The topological polar surface area (TPSA) is 99.5 Å². The summed E-state index contributed by atoms with van der Waals surface area (Å²) in [6, 6.07) is 15.4. The maximum absolute atomic E-state index is 13.2. The quantitative estimate of drug-likeness (QED) is 0.411. The van der Waals surface area contributed by atoms with Gasteiger partial charge in [-0.15, -0.1) is 0 Å². The number of methoxy groups -OCH3 is 2. The molecule has 4 rings (SSSR count). The number of nitrogens with zero attached hydrogens (tertiary/aromatic N) is 2. The van der Waals surface area contributed by atoms with E-state index in [4.69, 9.17) is 9.47 Å². The largest absolute Gasteiger partial charge is 0.497 e. The first-order chi connectivity index (χ1) is 16.8. The molecule has 0 bridgehead atoms. The van der Waals surface area contributed by atoms with E-state index in [9.17, 15) is 14.4 Å². The third kappa shape index (κ3) is 4.91. The van der Waals surface area contributed by atoms with Crippen LogP contribution in [0.2, 0.25) is 0 Å². The molecule has 0 aliphatic carbocycles. The number of fused-ring (bicyclic) bond motifs is 1. The van der Waals surface area contributed by atoms with E-state index in [1.165, 1.54) is 25.0 Å². The fraction of sp³-hybridized carbons (Fsp3) is 0.185. The maximum Gasteiger partial charge on any atom is 0.244 e. The monoisotopic (exact) mass is 471 g/mol. The molecule has 0 unspecified atom stereocenters. The number of pyridine rings is 2. The normalized spacial score (nSPS) is 10.7. The predicted octanol–water partition coefficient (Wildman–Crippen LogP) is 3.90. The lowest BCUT2D eigenvalue weighted by Crippen LogP contribution is -2.25. The van der Waals surface area contributed by atoms with Gasteiger partial charge in [0.1, 0.15) is 23.7 Å². The molecule has 0 saturated heterocycles. The van der Waals surface area contributed by atoms with E-state index in [1.54, 1.807) is 49.4 Å². The minimum atomic E-state index is -0.427. The molecule has 2 aromatic heterocycles. The summed E-state index contributed by atoms with van der Waals surface area (Å²) in [4.78, 5) is 43.9. The van der Waals surface area contributed by atoms with Gasteiger partial charge in [0.15, 0.2) is 5.78 Å². The molecule has 2 heterocycles. The molecule has 8 nitrogen and oxygen atoms in total. The molecule has 0 spiro atoms. The number of carbonyl (C=O) groups excluding carboxylic acids is 2.